The molecule has 0 spiro atoms. The third-order valence-electron chi connectivity index (χ3n) is 5.53. The van der Waals surface area contributed by atoms with E-state index in [1.165, 1.54) is 4.68 Å². The highest BCUT2D eigenvalue weighted by atomic mass is 16.5. The average molecular weight is 371 g/mol. The summed E-state index contributed by atoms with van der Waals surface area (Å²) in [6, 6.07) is 9.85. The van der Waals surface area contributed by atoms with Crippen LogP contribution in [-0.2, 0) is 26.4 Å². The number of benzene rings is 1. The molecule has 3 heterocycles. The van der Waals surface area contributed by atoms with Crippen molar-refractivity contribution in [2.24, 2.45) is 0 Å². The van der Waals surface area contributed by atoms with Gasteiger partial charge in [0.2, 0.25) is 17.8 Å². The molecule has 2 atom stereocenters. The molecule has 2 aliphatic heterocycles. The zero-order valence-electron chi connectivity index (χ0n) is 15.0. The molecule has 2 saturated heterocycles. The summed E-state index contributed by atoms with van der Waals surface area (Å²) >= 11 is 0. The summed E-state index contributed by atoms with van der Waals surface area (Å²) in [6.07, 6.45) is 0.271. The SMILES string of the molecule is CN1C(=O)CO[C@@H]2CN(C(=O)Cn3nnnc3N)CC[C@]21c1ccccc1. The zero-order chi connectivity index (χ0) is 19.0. The van der Waals surface area contributed by atoms with Gasteiger partial charge < -0.3 is 20.3 Å². The molecule has 2 N–H and O–H groups in total. The minimum Gasteiger partial charge on any atom is -0.367 e. The van der Waals surface area contributed by atoms with Crippen LogP contribution in [0.2, 0.25) is 0 Å². The van der Waals surface area contributed by atoms with E-state index in [1.54, 1.807) is 9.80 Å². The van der Waals surface area contributed by atoms with Crippen molar-refractivity contribution >= 4 is 17.8 Å². The fourth-order valence-corrected chi connectivity index (χ4v) is 4.00. The first kappa shape index (κ1) is 17.4. The molecule has 0 bridgehead atoms. The van der Waals surface area contributed by atoms with E-state index in [9.17, 15) is 9.59 Å². The molecule has 1 aromatic heterocycles. The summed E-state index contributed by atoms with van der Waals surface area (Å²) in [5, 5.41) is 10.8. The van der Waals surface area contributed by atoms with Gasteiger partial charge in [0.15, 0.2) is 0 Å². The maximum absolute atomic E-state index is 12.7. The predicted molar refractivity (Wildman–Crippen MR) is 94.1 cm³/mol. The Kier molecular flexibility index (Phi) is 4.27. The molecule has 10 heteroatoms. The van der Waals surface area contributed by atoms with Crippen LogP contribution in [0.3, 0.4) is 0 Å². The number of nitrogens with two attached hydrogens (primary N) is 1. The van der Waals surface area contributed by atoms with Crippen LogP contribution in [-0.4, -0.2) is 74.7 Å². The first-order chi connectivity index (χ1) is 13.0. The lowest BCUT2D eigenvalue weighted by molar-refractivity contribution is -0.184. The molecule has 2 amide bonds. The minimum atomic E-state index is -0.582. The summed E-state index contributed by atoms with van der Waals surface area (Å²) in [5.41, 5.74) is 6.08. The van der Waals surface area contributed by atoms with Gasteiger partial charge in [0, 0.05) is 20.1 Å². The van der Waals surface area contributed by atoms with Crippen molar-refractivity contribution in [2.75, 3.05) is 32.5 Å². The lowest BCUT2D eigenvalue weighted by Crippen LogP contribution is -2.67. The second kappa shape index (κ2) is 6.62. The molecule has 27 heavy (non-hydrogen) atoms. The number of anilines is 1. The quantitative estimate of drug-likeness (QED) is 0.753. The predicted octanol–water partition coefficient (Wildman–Crippen LogP) is -0.760. The largest absolute Gasteiger partial charge is 0.367 e. The molecule has 1 aromatic carbocycles. The molecular formula is C17H21N7O3. The Morgan fingerprint density at radius 1 is 1.37 bits per heavy atom. The van der Waals surface area contributed by atoms with Crippen molar-refractivity contribution < 1.29 is 14.3 Å². The van der Waals surface area contributed by atoms with Gasteiger partial charge in [0.25, 0.3) is 0 Å². The summed E-state index contributed by atoms with van der Waals surface area (Å²) in [6.45, 7) is 0.858. The zero-order valence-corrected chi connectivity index (χ0v) is 15.0. The van der Waals surface area contributed by atoms with Crippen molar-refractivity contribution in [3.63, 3.8) is 0 Å². The molecule has 0 saturated carbocycles. The molecule has 10 nitrogen and oxygen atoms in total. The Morgan fingerprint density at radius 2 is 2.15 bits per heavy atom. The highest BCUT2D eigenvalue weighted by Gasteiger charge is 2.53. The summed E-state index contributed by atoms with van der Waals surface area (Å²) in [5.74, 6) is -0.103. The van der Waals surface area contributed by atoms with Crippen LogP contribution < -0.4 is 5.73 Å². The van der Waals surface area contributed by atoms with Gasteiger partial charge in [-0.2, -0.15) is 0 Å². The van der Waals surface area contributed by atoms with Gasteiger partial charge in [-0.1, -0.05) is 35.4 Å². The van der Waals surface area contributed by atoms with E-state index >= 15 is 0 Å². The van der Waals surface area contributed by atoms with Crippen molar-refractivity contribution in [1.82, 2.24) is 30.0 Å². The van der Waals surface area contributed by atoms with E-state index in [-0.39, 0.29) is 37.0 Å². The van der Waals surface area contributed by atoms with Gasteiger partial charge in [-0.3, -0.25) is 9.59 Å². The third kappa shape index (κ3) is 2.81. The number of tetrazole rings is 1. The summed E-state index contributed by atoms with van der Waals surface area (Å²) < 4.78 is 7.17. The second-order valence-electron chi connectivity index (χ2n) is 6.83. The van der Waals surface area contributed by atoms with Crippen LogP contribution in [0.4, 0.5) is 5.95 Å². The number of carbonyl (C=O) groups excluding carboxylic acids is 2. The van der Waals surface area contributed by atoms with Crippen LogP contribution in [0.5, 0.6) is 0 Å². The van der Waals surface area contributed by atoms with Crippen LogP contribution >= 0.6 is 0 Å². The highest BCUT2D eigenvalue weighted by Crippen LogP contribution is 2.42. The Bertz CT molecular complexity index is 855. The van der Waals surface area contributed by atoms with Crippen molar-refractivity contribution in [1.29, 1.82) is 0 Å². The molecule has 4 rings (SSSR count). The van der Waals surface area contributed by atoms with Gasteiger partial charge in [-0.15, -0.1) is 0 Å². The number of piperidine rings is 1. The Balaban J connectivity index is 1.59. The first-order valence-electron chi connectivity index (χ1n) is 8.75. The molecule has 142 valence electrons. The van der Waals surface area contributed by atoms with Crippen LogP contribution in [0, 0.1) is 0 Å². The monoisotopic (exact) mass is 371 g/mol. The molecule has 2 fully saturated rings. The van der Waals surface area contributed by atoms with Crippen molar-refractivity contribution in [3.8, 4) is 0 Å². The van der Waals surface area contributed by atoms with Crippen LogP contribution in [0.1, 0.15) is 12.0 Å². The molecule has 0 radical (unpaired) electrons. The lowest BCUT2D eigenvalue weighted by Gasteiger charge is -2.54. The number of nitrogens with zero attached hydrogens (tertiary/aromatic N) is 6. The van der Waals surface area contributed by atoms with Gasteiger partial charge >= 0.3 is 0 Å². The fraction of sp³-hybridized carbons (Fsp3) is 0.471. The minimum absolute atomic E-state index is 0.0116. The van der Waals surface area contributed by atoms with Gasteiger partial charge in [-0.05, 0) is 22.4 Å². The summed E-state index contributed by atoms with van der Waals surface area (Å²) in [7, 11) is 1.81. The number of nitrogen functional groups attached to an aromatic ring is 1. The van der Waals surface area contributed by atoms with Crippen molar-refractivity contribution in [2.45, 2.75) is 24.6 Å². The van der Waals surface area contributed by atoms with E-state index in [2.05, 4.69) is 15.5 Å². The van der Waals surface area contributed by atoms with E-state index < -0.39 is 5.54 Å². The normalized spacial score (nSPS) is 25.4. The Hall–Kier alpha value is -3.01. The number of ether oxygens (including phenoxy) is 1. The Morgan fingerprint density at radius 3 is 2.85 bits per heavy atom. The number of aromatic nitrogens is 4. The number of hydrogen-bond donors (Lipinski definition) is 1. The standard InChI is InChI=1S/C17H21N7O3/c1-22-15(26)11-27-13-9-23(14(25)10-24-16(18)19-20-21-24)8-7-17(13,22)12-5-3-2-4-6-12/h2-6,13H,7-11H2,1H3,(H2,18,19,21)/t13-,17+/m1/s1. The third-order valence-corrected chi connectivity index (χ3v) is 5.53. The maximum atomic E-state index is 12.7. The van der Waals surface area contributed by atoms with E-state index in [0.29, 0.717) is 19.5 Å². The van der Waals surface area contributed by atoms with Crippen LogP contribution in [0.25, 0.3) is 0 Å². The van der Waals surface area contributed by atoms with E-state index in [1.807, 2.05) is 37.4 Å². The van der Waals surface area contributed by atoms with Crippen LogP contribution in [0.15, 0.2) is 30.3 Å². The molecular weight excluding hydrogens is 350 g/mol. The molecule has 0 aliphatic carbocycles. The number of hydrogen-bond acceptors (Lipinski definition) is 7. The van der Waals surface area contributed by atoms with E-state index in [0.717, 1.165) is 5.56 Å². The molecule has 2 aliphatic rings. The fourth-order valence-electron chi connectivity index (χ4n) is 4.00. The summed E-state index contributed by atoms with van der Waals surface area (Å²) in [4.78, 5) is 28.6. The first-order valence-corrected chi connectivity index (χ1v) is 8.75. The highest BCUT2D eigenvalue weighted by molar-refractivity contribution is 5.80. The number of amides is 2. The number of morpholine rings is 1. The molecule has 0 unspecified atom stereocenters. The number of likely N-dealkylation sites (N-methyl/N-ethyl adjacent to an activating group) is 1. The lowest BCUT2D eigenvalue weighted by atomic mass is 9.76. The number of likely N-dealkylation sites (tertiary alicyclic amines) is 1. The maximum Gasteiger partial charge on any atom is 0.249 e. The second-order valence-corrected chi connectivity index (χ2v) is 6.83. The molecule has 2 aromatic rings. The Labute approximate surface area is 155 Å². The smallest absolute Gasteiger partial charge is 0.249 e. The van der Waals surface area contributed by atoms with Gasteiger partial charge in [0.05, 0.1) is 5.54 Å². The van der Waals surface area contributed by atoms with Gasteiger partial charge in [0.1, 0.15) is 19.3 Å². The van der Waals surface area contributed by atoms with E-state index in [4.69, 9.17) is 10.5 Å². The topological polar surface area (TPSA) is 119 Å². The number of fused-ring (bicyclic) bond motifs is 1. The average Bonchev–Trinajstić information content (AvgIpc) is 3.09. The number of carbonyl (C=O) groups is 2. The van der Waals surface area contributed by atoms with Gasteiger partial charge in [-0.25, -0.2) is 4.68 Å². The van der Waals surface area contributed by atoms with Crippen molar-refractivity contribution in [3.05, 3.63) is 35.9 Å². The number of rotatable bonds is 3.